The van der Waals surface area contributed by atoms with Gasteiger partial charge in [-0.2, -0.15) is 0 Å². The van der Waals surface area contributed by atoms with Crippen LogP contribution in [0.3, 0.4) is 0 Å². The number of hydrogen-bond donors (Lipinski definition) is 0. The van der Waals surface area contributed by atoms with E-state index in [0.717, 1.165) is 12.5 Å². The monoisotopic (exact) mass is 328 g/mol. The van der Waals surface area contributed by atoms with Gasteiger partial charge < -0.3 is 5.01 Å². The lowest BCUT2D eigenvalue weighted by atomic mass is 9.73. The van der Waals surface area contributed by atoms with Gasteiger partial charge in [-0.25, -0.2) is 5.01 Å². The Labute approximate surface area is 149 Å². The van der Waals surface area contributed by atoms with Gasteiger partial charge >= 0.3 is 0 Å². The zero-order valence-electron chi connectivity index (χ0n) is 16.4. The Morgan fingerprint density at radius 2 is 1.71 bits per heavy atom. The highest BCUT2D eigenvalue weighted by Crippen LogP contribution is 2.44. The number of piperidine rings is 1. The summed E-state index contributed by atoms with van der Waals surface area (Å²) in [5.74, 6) is 0.828. The molecule has 1 saturated heterocycles. The molecule has 1 fully saturated rings. The molecular formula is C22H36N2. The summed E-state index contributed by atoms with van der Waals surface area (Å²) in [6.07, 6.45) is 8.54. The molecule has 0 saturated carbocycles. The average Bonchev–Trinajstić information content (AvgIpc) is 2.50. The third-order valence-electron chi connectivity index (χ3n) is 5.34. The van der Waals surface area contributed by atoms with Crippen LogP contribution in [0.1, 0.15) is 72.3 Å². The second-order valence-electron chi connectivity index (χ2n) is 8.62. The molecule has 0 bridgehead atoms. The van der Waals surface area contributed by atoms with Crippen LogP contribution in [-0.2, 0) is 6.54 Å². The van der Waals surface area contributed by atoms with Gasteiger partial charge in [-0.05, 0) is 52.0 Å². The third kappa shape index (κ3) is 4.42. The highest BCUT2D eigenvalue weighted by Gasteiger charge is 2.47. The molecule has 0 unspecified atom stereocenters. The van der Waals surface area contributed by atoms with Gasteiger partial charge in [-0.1, -0.05) is 63.1 Å². The molecule has 24 heavy (non-hydrogen) atoms. The van der Waals surface area contributed by atoms with E-state index >= 15 is 0 Å². The first-order chi connectivity index (χ1) is 11.3. The van der Waals surface area contributed by atoms with E-state index in [0.29, 0.717) is 0 Å². The maximum atomic E-state index is 4.12. The number of hydrazine groups is 1. The first-order valence-corrected chi connectivity index (χ1v) is 9.53. The topological polar surface area (TPSA) is 6.48 Å². The standard InChI is InChI=1S/C22H36N2/c1-7-9-13-20-16-21(3,4)24(22(5,6)17-20)23(8-2)18-19-14-11-10-12-15-19/h8,10-12,14-15,20H,2,7,9,13,16-18H2,1,3-6H3. The van der Waals surface area contributed by atoms with E-state index in [1.165, 1.54) is 37.7 Å². The Hall–Kier alpha value is -1.28. The summed E-state index contributed by atoms with van der Waals surface area (Å²) in [5.41, 5.74) is 1.61. The van der Waals surface area contributed by atoms with Crippen LogP contribution < -0.4 is 0 Å². The summed E-state index contributed by atoms with van der Waals surface area (Å²) in [4.78, 5) is 0. The zero-order valence-corrected chi connectivity index (χ0v) is 16.4. The number of benzene rings is 1. The van der Waals surface area contributed by atoms with Crippen LogP contribution in [0.15, 0.2) is 43.1 Å². The number of unbranched alkanes of at least 4 members (excludes halogenated alkanes) is 1. The van der Waals surface area contributed by atoms with Crippen molar-refractivity contribution in [1.82, 2.24) is 10.0 Å². The van der Waals surface area contributed by atoms with Gasteiger partial charge in [0.15, 0.2) is 0 Å². The van der Waals surface area contributed by atoms with Crippen molar-refractivity contribution in [3.63, 3.8) is 0 Å². The predicted molar refractivity (Wildman–Crippen MR) is 104 cm³/mol. The molecule has 0 aromatic heterocycles. The van der Waals surface area contributed by atoms with Crippen LogP contribution in [0, 0.1) is 5.92 Å². The van der Waals surface area contributed by atoms with Crippen LogP contribution in [0.5, 0.6) is 0 Å². The summed E-state index contributed by atoms with van der Waals surface area (Å²) in [6.45, 7) is 16.9. The molecule has 0 N–H and O–H groups in total. The van der Waals surface area contributed by atoms with E-state index in [1.54, 1.807) is 0 Å². The van der Waals surface area contributed by atoms with Crippen LogP contribution in [-0.4, -0.2) is 21.1 Å². The number of rotatable bonds is 7. The quantitative estimate of drug-likeness (QED) is 0.605. The van der Waals surface area contributed by atoms with Crippen LogP contribution >= 0.6 is 0 Å². The molecule has 0 atom stereocenters. The molecule has 134 valence electrons. The molecule has 1 heterocycles. The third-order valence-corrected chi connectivity index (χ3v) is 5.34. The van der Waals surface area contributed by atoms with E-state index in [1.807, 2.05) is 6.20 Å². The lowest BCUT2D eigenvalue weighted by Crippen LogP contribution is -2.65. The second kappa shape index (κ2) is 7.74. The molecule has 2 heteroatoms. The van der Waals surface area contributed by atoms with E-state index in [2.05, 4.69) is 81.5 Å². The summed E-state index contributed by atoms with van der Waals surface area (Å²) in [7, 11) is 0. The molecule has 0 spiro atoms. The lowest BCUT2D eigenvalue weighted by Gasteiger charge is -2.59. The normalized spacial score (nSPS) is 20.7. The van der Waals surface area contributed by atoms with Crippen LogP contribution in [0.2, 0.25) is 0 Å². The molecule has 2 rings (SSSR count). The largest absolute Gasteiger partial charge is 0.308 e. The summed E-state index contributed by atoms with van der Waals surface area (Å²) < 4.78 is 0. The fraction of sp³-hybridized carbons (Fsp3) is 0.636. The van der Waals surface area contributed by atoms with Crippen molar-refractivity contribution in [2.24, 2.45) is 5.92 Å². The Morgan fingerprint density at radius 3 is 2.21 bits per heavy atom. The van der Waals surface area contributed by atoms with Gasteiger partial charge in [-0.3, -0.25) is 0 Å². The first-order valence-electron chi connectivity index (χ1n) is 9.53. The Morgan fingerprint density at radius 1 is 1.12 bits per heavy atom. The van der Waals surface area contributed by atoms with Gasteiger partial charge in [0.1, 0.15) is 0 Å². The summed E-state index contributed by atoms with van der Waals surface area (Å²) in [5, 5.41) is 4.92. The lowest BCUT2D eigenvalue weighted by molar-refractivity contribution is -0.176. The Bertz CT molecular complexity index is 500. The van der Waals surface area contributed by atoms with E-state index in [4.69, 9.17) is 0 Å². The molecule has 1 aromatic rings. The van der Waals surface area contributed by atoms with Crippen molar-refractivity contribution in [3.8, 4) is 0 Å². The van der Waals surface area contributed by atoms with Crippen molar-refractivity contribution in [2.45, 2.75) is 84.3 Å². The maximum Gasteiger partial charge on any atom is 0.0590 e. The van der Waals surface area contributed by atoms with E-state index < -0.39 is 0 Å². The summed E-state index contributed by atoms with van der Waals surface area (Å²) >= 11 is 0. The highest BCUT2D eigenvalue weighted by atomic mass is 15.7. The molecule has 1 aromatic carbocycles. The number of hydrogen-bond acceptors (Lipinski definition) is 2. The minimum atomic E-state index is 0.142. The van der Waals surface area contributed by atoms with Gasteiger partial charge in [0.25, 0.3) is 0 Å². The molecule has 0 amide bonds. The molecule has 1 aliphatic rings. The van der Waals surface area contributed by atoms with Crippen molar-refractivity contribution in [3.05, 3.63) is 48.7 Å². The Balaban J connectivity index is 2.21. The minimum Gasteiger partial charge on any atom is -0.308 e. The molecule has 0 aliphatic carbocycles. The fourth-order valence-corrected chi connectivity index (χ4v) is 4.86. The smallest absolute Gasteiger partial charge is 0.0590 e. The predicted octanol–water partition coefficient (Wildman–Crippen LogP) is 6.01. The van der Waals surface area contributed by atoms with Gasteiger partial charge in [0, 0.05) is 17.3 Å². The fourth-order valence-electron chi connectivity index (χ4n) is 4.86. The minimum absolute atomic E-state index is 0.142. The zero-order chi connectivity index (χ0) is 17.8. The highest BCUT2D eigenvalue weighted by molar-refractivity contribution is 5.15. The number of nitrogens with zero attached hydrogens (tertiary/aromatic N) is 2. The van der Waals surface area contributed by atoms with Crippen molar-refractivity contribution < 1.29 is 0 Å². The molecule has 2 nitrogen and oxygen atoms in total. The molecule has 1 aliphatic heterocycles. The molecule has 0 radical (unpaired) electrons. The summed E-state index contributed by atoms with van der Waals surface area (Å²) in [6, 6.07) is 10.7. The van der Waals surface area contributed by atoms with Crippen LogP contribution in [0.25, 0.3) is 0 Å². The van der Waals surface area contributed by atoms with Crippen LogP contribution in [0.4, 0.5) is 0 Å². The van der Waals surface area contributed by atoms with Gasteiger partial charge in [0.2, 0.25) is 0 Å². The van der Waals surface area contributed by atoms with Crippen molar-refractivity contribution in [2.75, 3.05) is 0 Å². The second-order valence-corrected chi connectivity index (χ2v) is 8.62. The van der Waals surface area contributed by atoms with Gasteiger partial charge in [0.05, 0.1) is 6.54 Å². The van der Waals surface area contributed by atoms with Crippen molar-refractivity contribution >= 4 is 0 Å². The maximum absolute atomic E-state index is 4.12. The average molecular weight is 329 g/mol. The SMILES string of the molecule is C=CN(Cc1ccccc1)N1C(C)(C)CC(CCCC)CC1(C)C. The van der Waals surface area contributed by atoms with Crippen molar-refractivity contribution in [1.29, 1.82) is 0 Å². The van der Waals surface area contributed by atoms with Gasteiger partial charge in [-0.15, -0.1) is 0 Å². The van der Waals surface area contributed by atoms with E-state index in [9.17, 15) is 0 Å². The first kappa shape index (κ1) is 19.1. The molecular weight excluding hydrogens is 292 g/mol. The Kier molecular flexibility index (Phi) is 6.14. The van der Waals surface area contributed by atoms with E-state index in [-0.39, 0.29) is 11.1 Å².